The number of methoxy groups -OCH3 is 1. The van der Waals surface area contributed by atoms with E-state index < -0.39 is 5.91 Å². The van der Waals surface area contributed by atoms with Crippen LogP contribution in [0.3, 0.4) is 0 Å². The number of benzene rings is 1. The number of ether oxygens (including phenoxy) is 1. The third-order valence-corrected chi connectivity index (χ3v) is 2.39. The van der Waals surface area contributed by atoms with Crippen molar-refractivity contribution in [3.8, 4) is 0 Å². The molecule has 1 N–H and O–H groups in total. The fourth-order valence-electron chi connectivity index (χ4n) is 1.32. The number of carbonyl (C=O) groups excluding carboxylic acids is 1. The summed E-state index contributed by atoms with van der Waals surface area (Å²) in [6.07, 6.45) is 0. The van der Waals surface area contributed by atoms with Crippen LogP contribution in [0.4, 0.5) is 5.69 Å². The first-order valence-corrected chi connectivity index (χ1v) is 4.99. The molecule has 1 aromatic carbocycles. The molecule has 82 valence electrons. The number of carbonyl (C=O) groups is 1. The highest BCUT2D eigenvalue weighted by molar-refractivity contribution is 6.48. The van der Waals surface area contributed by atoms with E-state index in [1.54, 1.807) is 0 Å². The standard InChI is InChI=1S/C11H9ClN2O2/c1-16-9-8(12)11(15)14-10(9)13-7-5-3-2-4-6-7/h2-6H,1H3,(H,13,14,15). The lowest BCUT2D eigenvalue weighted by Crippen LogP contribution is -2.23. The van der Waals surface area contributed by atoms with Gasteiger partial charge in [0.1, 0.15) is 0 Å². The van der Waals surface area contributed by atoms with Crippen LogP contribution < -0.4 is 5.32 Å². The van der Waals surface area contributed by atoms with Crippen LogP contribution in [0.5, 0.6) is 0 Å². The lowest BCUT2D eigenvalue weighted by Gasteiger charge is -2.02. The Hall–Kier alpha value is -1.81. The van der Waals surface area contributed by atoms with Gasteiger partial charge in [0, 0.05) is 0 Å². The summed E-state index contributed by atoms with van der Waals surface area (Å²) < 4.78 is 5.01. The number of para-hydroxylation sites is 1. The average molecular weight is 237 g/mol. The fraction of sp³-hybridized carbons (Fsp3) is 0.0909. The Bertz CT molecular complexity index is 480. The van der Waals surface area contributed by atoms with Crippen molar-refractivity contribution < 1.29 is 9.53 Å². The molecular formula is C11H9ClN2O2. The van der Waals surface area contributed by atoms with Crippen LogP contribution in [0, 0.1) is 0 Å². The Labute approximate surface area is 97.6 Å². The number of hydrogen-bond acceptors (Lipinski definition) is 3. The fourth-order valence-corrected chi connectivity index (χ4v) is 1.54. The second-order valence-corrected chi connectivity index (χ2v) is 3.48. The number of hydrogen-bond donors (Lipinski definition) is 1. The van der Waals surface area contributed by atoms with E-state index in [-0.39, 0.29) is 10.8 Å². The molecule has 0 saturated heterocycles. The highest BCUT2D eigenvalue weighted by atomic mass is 35.5. The third kappa shape index (κ3) is 1.92. The molecule has 1 amide bonds. The molecule has 1 aromatic rings. The molecule has 4 nitrogen and oxygen atoms in total. The van der Waals surface area contributed by atoms with Crippen molar-refractivity contribution in [2.24, 2.45) is 4.99 Å². The van der Waals surface area contributed by atoms with Crippen LogP contribution in [0.2, 0.25) is 0 Å². The van der Waals surface area contributed by atoms with Crippen LogP contribution in [-0.2, 0) is 9.53 Å². The highest BCUT2D eigenvalue weighted by Gasteiger charge is 2.28. The lowest BCUT2D eigenvalue weighted by atomic mass is 10.3. The van der Waals surface area contributed by atoms with Crippen LogP contribution in [0.1, 0.15) is 0 Å². The Balaban J connectivity index is 2.37. The Morgan fingerprint density at radius 1 is 1.31 bits per heavy atom. The topological polar surface area (TPSA) is 50.7 Å². The molecule has 1 heterocycles. The van der Waals surface area contributed by atoms with E-state index in [2.05, 4.69) is 10.3 Å². The summed E-state index contributed by atoms with van der Waals surface area (Å²) in [4.78, 5) is 15.5. The predicted octanol–water partition coefficient (Wildman–Crippen LogP) is 1.94. The van der Waals surface area contributed by atoms with Gasteiger partial charge in [-0.15, -0.1) is 0 Å². The molecule has 0 saturated carbocycles. The first kappa shape index (κ1) is 10.7. The maximum Gasteiger partial charge on any atom is 0.272 e. The molecule has 5 heteroatoms. The van der Waals surface area contributed by atoms with Crippen LogP contribution in [0.15, 0.2) is 46.1 Å². The van der Waals surface area contributed by atoms with Crippen LogP contribution in [0.25, 0.3) is 0 Å². The summed E-state index contributed by atoms with van der Waals surface area (Å²) in [7, 11) is 1.44. The van der Waals surface area contributed by atoms with E-state index in [4.69, 9.17) is 16.3 Å². The average Bonchev–Trinajstić information content (AvgIpc) is 2.56. The highest BCUT2D eigenvalue weighted by Crippen LogP contribution is 2.20. The van der Waals surface area contributed by atoms with Crippen LogP contribution >= 0.6 is 11.6 Å². The SMILES string of the molecule is COC1=C(Cl)C(=O)NC1=Nc1ccccc1. The van der Waals surface area contributed by atoms with Gasteiger partial charge < -0.3 is 10.1 Å². The zero-order chi connectivity index (χ0) is 11.5. The van der Waals surface area contributed by atoms with Gasteiger partial charge in [0.25, 0.3) is 5.91 Å². The Kier molecular flexibility index (Phi) is 2.92. The maximum absolute atomic E-state index is 11.3. The summed E-state index contributed by atoms with van der Waals surface area (Å²) in [6, 6.07) is 9.23. The third-order valence-electron chi connectivity index (χ3n) is 2.05. The summed E-state index contributed by atoms with van der Waals surface area (Å²) in [5.74, 6) is 0.215. The molecule has 16 heavy (non-hydrogen) atoms. The van der Waals surface area contributed by atoms with Crippen LogP contribution in [-0.4, -0.2) is 18.9 Å². The van der Waals surface area contributed by atoms with E-state index in [1.165, 1.54) is 7.11 Å². The van der Waals surface area contributed by atoms with E-state index >= 15 is 0 Å². The molecule has 0 unspecified atom stereocenters. The van der Waals surface area contributed by atoms with Crippen molar-refractivity contribution in [3.05, 3.63) is 41.1 Å². The van der Waals surface area contributed by atoms with Gasteiger partial charge in [0.15, 0.2) is 16.6 Å². The smallest absolute Gasteiger partial charge is 0.272 e. The van der Waals surface area contributed by atoms with Gasteiger partial charge in [-0.25, -0.2) is 4.99 Å². The molecule has 0 atom stereocenters. The van der Waals surface area contributed by atoms with Crippen molar-refractivity contribution in [3.63, 3.8) is 0 Å². The number of nitrogens with one attached hydrogen (secondary N) is 1. The minimum atomic E-state index is -0.395. The van der Waals surface area contributed by atoms with Gasteiger partial charge >= 0.3 is 0 Å². The van der Waals surface area contributed by atoms with Crippen molar-refractivity contribution in [1.29, 1.82) is 0 Å². The minimum absolute atomic E-state index is 0.0252. The zero-order valence-electron chi connectivity index (χ0n) is 8.53. The molecule has 0 bridgehead atoms. The lowest BCUT2D eigenvalue weighted by molar-refractivity contribution is -0.115. The molecule has 2 rings (SSSR count). The molecule has 0 radical (unpaired) electrons. The first-order chi connectivity index (χ1) is 7.72. The summed E-state index contributed by atoms with van der Waals surface area (Å²) in [5.41, 5.74) is 0.721. The minimum Gasteiger partial charge on any atom is -0.491 e. The van der Waals surface area contributed by atoms with Gasteiger partial charge in [-0.3, -0.25) is 4.79 Å². The van der Waals surface area contributed by atoms with E-state index in [9.17, 15) is 4.79 Å². The summed E-state index contributed by atoms with van der Waals surface area (Å²) >= 11 is 5.75. The number of aliphatic imine (C=N–C) groups is 1. The van der Waals surface area contributed by atoms with Crippen molar-refractivity contribution in [2.45, 2.75) is 0 Å². The number of amidine groups is 1. The van der Waals surface area contributed by atoms with Gasteiger partial charge in [-0.05, 0) is 12.1 Å². The largest absolute Gasteiger partial charge is 0.491 e. The molecule has 0 aromatic heterocycles. The van der Waals surface area contributed by atoms with Crippen molar-refractivity contribution >= 4 is 29.0 Å². The molecule has 0 spiro atoms. The second kappa shape index (κ2) is 4.37. The van der Waals surface area contributed by atoms with Crippen molar-refractivity contribution in [2.75, 3.05) is 7.11 Å². The second-order valence-electron chi connectivity index (χ2n) is 3.10. The van der Waals surface area contributed by atoms with E-state index in [1.807, 2.05) is 30.3 Å². The first-order valence-electron chi connectivity index (χ1n) is 4.61. The van der Waals surface area contributed by atoms with Crippen molar-refractivity contribution in [1.82, 2.24) is 5.32 Å². The number of rotatable bonds is 2. The number of nitrogens with zero attached hydrogens (tertiary/aromatic N) is 1. The normalized spacial score (nSPS) is 17.9. The van der Waals surface area contributed by atoms with E-state index in [0.29, 0.717) is 5.84 Å². The molecule has 1 aliphatic rings. The Morgan fingerprint density at radius 3 is 2.62 bits per heavy atom. The predicted molar refractivity (Wildman–Crippen MR) is 61.6 cm³/mol. The van der Waals surface area contributed by atoms with Gasteiger partial charge in [0.2, 0.25) is 0 Å². The molecular weight excluding hydrogens is 228 g/mol. The van der Waals surface area contributed by atoms with E-state index in [0.717, 1.165) is 5.69 Å². The number of halogens is 1. The molecule has 0 fully saturated rings. The van der Waals surface area contributed by atoms with Gasteiger partial charge in [-0.1, -0.05) is 29.8 Å². The molecule has 0 aliphatic carbocycles. The van der Waals surface area contributed by atoms with Gasteiger partial charge in [-0.2, -0.15) is 0 Å². The maximum atomic E-state index is 11.3. The monoisotopic (exact) mass is 236 g/mol. The summed E-state index contributed by atoms with van der Waals surface area (Å²) in [5, 5.41) is 2.56. The summed E-state index contributed by atoms with van der Waals surface area (Å²) in [6.45, 7) is 0. The van der Waals surface area contributed by atoms with Gasteiger partial charge in [0.05, 0.1) is 12.8 Å². The number of amides is 1. The quantitative estimate of drug-likeness (QED) is 0.853. The molecule has 1 aliphatic heterocycles. The zero-order valence-corrected chi connectivity index (χ0v) is 9.28. The Morgan fingerprint density at radius 2 is 2.00 bits per heavy atom.